The van der Waals surface area contributed by atoms with Gasteiger partial charge in [0.2, 0.25) is 0 Å². The first-order valence-corrected chi connectivity index (χ1v) is 3.14. The molecule has 0 aliphatic carbocycles. The van der Waals surface area contributed by atoms with E-state index < -0.39 is 0 Å². The van der Waals surface area contributed by atoms with Gasteiger partial charge in [0, 0.05) is 22.1 Å². The zero-order valence-corrected chi connectivity index (χ0v) is 5.52. The summed E-state index contributed by atoms with van der Waals surface area (Å²) in [5.41, 5.74) is 0. The summed E-state index contributed by atoms with van der Waals surface area (Å²) in [6.45, 7) is 1.56. The molecule has 0 aromatic heterocycles. The van der Waals surface area contributed by atoms with Crippen LogP contribution in [0.3, 0.4) is 0 Å². The zero-order chi connectivity index (χ0) is 5.70. The van der Waals surface area contributed by atoms with Gasteiger partial charge in [-0.15, -0.1) is 0 Å². The minimum absolute atomic E-state index is 0.195. The minimum atomic E-state index is 0.195. The molecule has 0 radical (unpaired) electrons. The van der Waals surface area contributed by atoms with E-state index in [1.54, 1.807) is 14.0 Å². The first-order chi connectivity index (χ1) is 3.27. The average molecular weight is 120 g/mol. The highest BCUT2D eigenvalue weighted by atomic mass is 31.1. The number of Topliss-reactive ketones (excluding diaryl/α,β-unsaturated/α-hetero) is 1. The summed E-state index contributed by atoms with van der Waals surface area (Å²) in [6, 6.07) is 0. The Kier molecular flexibility index (Phi) is 4.26. The molecular formula is C4H9O2P. The highest BCUT2D eigenvalue weighted by molar-refractivity contribution is 7.33. The van der Waals surface area contributed by atoms with Crippen LogP contribution in [-0.2, 0) is 9.32 Å². The number of ketones is 1. The lowest BCUT2D eigenvalue weighted by molar-refractivity contribution is -0.114. The number of rotatable bonds is 3. The van der Waals surface area contributed by atoms with Crippen molar-refractivity contribution in [1.82, 2.24) is 0 Å². The van der Waals surface area contributed by atoms with Crippen LogP contribution in [0.4, 0.5) is 0 Å². The van der Waals surface area contributed by atoms with Gasteiger partial charge in [-0.1, -0.05) is 0 Å². The second kappa shape index (κ2) is 4.23. The van der Waals surface area contributed by atoms with E-state index in [1.165, 1.54) is 0 Å². The van der Waals surface area contributed by atoms with Crippen molar-refractivity contribution < 1.29 is 9.32 Å². The van der Waals surface area contributed by atoms with Gasteiger partial charge in [-0.25, -0.2) is 0 Å². The standard InChI is InChI=1S/C4H9O2P/c1-4(5)3-7-6-2/h7H,3H2,1-2H3. The molecule has 0 aliphatic rings. The highest BCUT2D eigenvalue weighted by Crippen LogP contribution is 2.07. The Balaban J connectivity index is 2.82. The van der Waals surface area contributed by atoms with E-state index in [4.69, 9.17) is 0 Å². The van der Waals surface area contributed by atoms with Gasteiger partial charge < -0.3 is 4.52 Å². The van der Waals surface area contributed by atoms with Crippen molar-refractivity contribution >= 4 is 14.6 Å². The van der Waals surface area contributed by atoms with E-state index in [2.05, 4.69) is 4.52 Å². The van der Waals surface area contributed by atoms with Crippen LogP contribution in [0.5, 0.6) is 0 Å². The Hall–Kier alpha value is 0.0600. The molecule has 0 saturated carbocycles. The van der Waals surface area contributed by atoms with Crippen LogP contribution in [0.1, 0.15) is 6.92 Å². The second-order valence-electron chi connectivity index (χ2n) is 1.23. The maximum atomic E-state index is 10.1. The summed E-state index contributed by atoms with van der Waals surface area (Å²) in [5, 5.41) is 0. The Morgan fingerprint density at radius 1 is 1.86 bits per heavy atom. The number of hydrogen-bond acceptors (Lipinski definition) is 2. The van der Waals surface area contributed by atoms with Gasteiger partial charge in [-0.05, 0) is 6.92 Å². The molecule has 0 saturated heterocycles. The topological polar surface area (TPSA) is 26.3 Å². The third-order valence-corrected chi connectivity index (χ3v) is 1.40. The van der Waals surface area contributed by atoms with Crippen molar-refractivity contribution in [2.24, 2.45) is 0 Å². The molecule has 0 N–H and O–H groups in total. The molecule has 0 amide bonds. The lowest BCUT2D eigenvalue weighted by Crippen LogP contribution is -1.90. The molecule has 1 atom stereocenters. The third-order valence-electron chi connectivity index (χ3n) is 0.465. The molecule has 42 valence electrons. The van der Waals surface area contributed by atoms with E-state index in [-0.39, 0.29) is 5.78 Å². The fourth-order valence-corrected chi connectivity index (χ4v) is 0.521. The van der Waals surface area contributed by atoms with Crippen molar-refractivity contribution in [2.45, 2.75) is 6.92 Å². The van der Waals surface area contributed by atoms with Gasteiger partial charge >= 0.3 is 0 Å². The first-order valence-electron chi connectivity index (χ1n) is 2.02. The highest BCUT2D eigenvalue weighted by Gasteiger charge is 1.87. The lowest BCUT2D eigenvalue weighted by atomic mass is 10.5. The zero-order valence-electron chi connectivity index (χ0n) is 4.52. The summed E-state index contributed by atoms with van der Waals surface area (Å²) in [6.07, 6.45) is 0.566. The predicted molar refractivity (Wildman–Crippen MR) is 30.9 cm³/mol. The van der Waals surface area contributed by atoms with Crippen LogP contribution in [-0.4, -0.2) is 19.1 Å². The molecule has 0 rings (SSSR count). The Morgan fingerprint density at radius 3 is 2.57 bits per heavy atom. The summed E-state index contributed by atoms with van der Waals surface area (Å²) >= 11 is 0. The Bertz CT molecular complexity index is 62.7. The summed E-state index contributed by atoms with van der Waals surface area (Å²) in [7, 11) is 1.94. The summed E-state index contributed by atoms with van der Waals surface area (Å²) < 4.78 is 4.66. The molecule has 1 unspecified atom stereocenters. The molecule has 0 heterocycles. The molecule has 0 fully saturated rings. The van der Waals surface area contributed by atoms with Crippen molar-refractivity contribution in [3.05, 3.63) is 0 Å². The maximum absolute atomic E-state index is 10.1. The number of hydrogen-bond donors (Lipinski definition) is 0. The second-order valence-corrected chi connectivity index (χ2v) is 2.28. The van der Waals surface area contributed by atoms with Crippen LogP contribution in [0, 0.1) is 0 Å². The number of carbonyl (C=O) groups excluding carboxylic acids is 1. The average Bonchev–Trinajstić information content (AvgIpc) is 1.61. The normalized spacial score (nSPS) is 10.6. The smallest absolute Gasteiger partial charge is 0.136 e. The van der Waals surface area contributed by atoms with Gasteiger partial charge in [-0.3, -0.25) is 4.79 Å². The molecule has 0 aromatic carbocycles. The SMILES string of the molecule is COPCC(C)=O. The van der Waals surface area contributed by atoms with Gasteiger partial charge in [0.25, 0.3) is 0 Å². The monoisotopic (exact) mass is 120 g/mol. The van der Waals surface area contributed by atoms with E-state index in [1.807, 2.05) is 0 Å². The fourth-order valence-electron chi connectivity index (χ4n) is 0.174. The van der Waals surface area contributed by atoms with Crippen molar-refractivity contribution in [1.29, 1.82) is 0 Å². The van der Waals surface area contributed by atoms with Crippen LogP contribution < -0.4 is 0 Å². The largest absolute Gasteiger partial charge is 0.365 e. The molecule has 0 aliphatic heterocycles. The molecule has 3 heteroatoms. The van der Waals surface area contributed by atoms with E-state index >= 15 is 0 Å². The molecule has 7 heavy (non-hydrogen) atoms. The van der Waals surface area contributed by atoms with E-state index in [0.29, 0.717) is 15.0 Å². The van der Waals surface area contributed by atoms with E-state index in [9.17, 15) is 4.79 Å². The van der Waals surface area contributed by atoms with Gasteiger partial charge in [0.1, 0.15) is 5.78 Å². The molecular weight excluding hydrogens is 111 g/mol. The van der Waals surface area contributed by atoms with Crippen molar-refractivity contribution in [3.63, 3.8) is 0 Å². The summed E-state index contributed by atoms with van der Waals surface area (Å²) in [4.78, 5) is 10.1. The van der Waals surface area contributed by atoms with Crippen molar-refractivity contribution in [3.8, 4) is 0 Å². The predicted octanol–water partition coefficient (Wildman–Crippen LogP) is 0.815. The Labute approximate surface area is 45.1 Å². The van der Waals surface area contributed by atoms with Gasteiger partial charge in [-0.2, -0.15) is 0 Å². The fraction of sp³-hybridized carbons (Fsp3) is 0.750. The van der Waals surface area contributed by atoms with Crippen molar-refractivity contribution in [2.75, 3.05) is 13.3 Å². The molecule has 0 spiro atoms. The van der Waals surface area contributed by atoms with Crippen LogP contribution in [0.2, 0.25) is 0 Å². The third kappa shape index (κ3) is 6.06. The lowest BCUT2D eigenvalue weighted by Gasteiger charge is -1.89. The van der Waals surface area contributed by atoms with Crippen LogP contribution >= 0.6 is 8.81 Å². The molecule has 2 nitrogen and oxygen atoms in total. The summed E-state index contributed by atoms with van der Waals surface area (Å²) in [5.74, 6) is 0.195. The van der Waals surface area contributed by atoms with Gasteiger partial charge in [0.05, 0.1) is 0 Å². The first kappa shape index (κ1) is 7.06. The number of carbonyl (C=O) groups is 1. The molecule has 0 bridgehead atoms. The van der Waals surface area contributed by atoms with E-state index in [0.717, 1.165) is 0 Å². The minimum Gasteiger partial charge on any atom is -0.365 e. The van der Waals surface area contributed by atoms with Gasteiger partial charge in [0.15, 0.2) is 0 Å². The Morgan fingerprint density at radius 2 is 2.43 bits per heavy atom. The van der Waals surface area contributed by atoms with Crippen LogP contribution in [0.25, 0.3) is 0 Å². The maximum Gasteiger partial charge on any atom is 0.136 e. The molecule has 0 aromatic rings. The van der Waals surface area contributed by atoms with Crippen LogP contribution in [0.15, 0.2) is 0 Å². The quantitative estimate of drug-likeness (QED) is 0.515.